The second-order valence-corrected chi connectivity index (χ2v) is 8.61. The highest BCUT2D eigenvalue weighted by Crippen LogP contribution is 2.19. The SMILES string of the molecule is CCCCCc1nc(-c2ccc(Cl)cc2)cc(=O)n1CC(=O)CCCCc1ccccc1. The van der Waals surface area contributed by atoms with E-state index in [1.807, 2.05) is 30.3 Å². The van der Waals surface area contributed by atoms with E-state index in [1.54, 1.807) is 16.7 Å². The second-order valence-electron chi connectivity index (χ2n) is 8.18. The van der Waals surface area contributed by atoms with E-state index in [0.717, 1.165) is 44.1 Å². The van der Waals surface area contributed by atoms with Gasteiger partial charge in [-0.2, -0.15) is 0 Å². The molecule has 0 aliphatic carbocycles. The number of hydrogen-bond acceptors (Lipinski definition) is 3. The number of Topliss-reactive ketones (excluding diaryl/α,β-unsaturated/α-hetero) is 1. The van der Waals surface area contributed by atoms with Gasteiger partial charge in [0.2, 0.25) is 0 Å². The second kappa shape index (κ2) is 12.4. The number of halogens is 1. The van der Waals surface area contributed by atoms with Crippen molar-refractivity contribution >= 4 is 17.4 Å². The van der Waals surface area contributed by atoms with Crippen LogP contribution in [0.1, 0.15) is 56.8 Å². The van der Waals surface area contributed by atoms with E-state index in [9.17, 15) is 9.59 Å². The van der Waals surface area contributed by atoms with Gasteiger partial charge in [-0.3, -0.25) is 14.2 Å². The fourth-order valence-electron chi connectivity index (χ4n) is 3.77. The van der Waals surface area contributed by atoms with Crippen LogP contribution in [0.4, 0.5) is 0 Å². The van der Waals surface area contributed by atoms with Gasteiger partial charge in [-0.25, -0.2) is 4.98 Å². The van der Waals surface area contributed by atoms with Crippen molar-refractivity contribution in [2.75, 3.05) is 0 Å². The van der Waals surface area contributed by atoms with E-state index in [-0.39, 0.29) is 17.9 Å². The van der Waals surface area contributed by atoms with Crippen LogP contribution in [-0.4, -0.2) is 15.3 Å². The lowest BCUT2D eigenvalue weighted by atomic mass is 10.1. The van der Waals surface area contributed by atoms with Crippen molar-refractivity contribution in [1.29, 1.82) is 0 Å². The van der Waals surface area contributed by atoms with Gasteiger partial charge in [0.25, 0.3) is 5.56 Å². The Kier molecular flexibility index (Phi) is 9.24. The lowest BCUT2D eigenvalue weighted by molar-refractivity contribution is -0.119. The molecule has 32 heavy (non-hydrogen) atoms. The van der Waals surface area contributed by atoms with Crippen LogP contribution < -0.4 is 5.56 Å². The minimum absolute atomic E-state index is 0.0814. The topological polar surface area (TPSA) is 52.0 Å². The Labute approximate surface area is 195 Å². The van der Waals surface area contributed by atoms with Gasteiger partial charge in [-0.15, -0.1) is 0 Å². The van der Waals surface area contributed by atoms with Crippen LogP contribution in [0.5, 0.6) is 0 Å². The maximum absolute atomic E-state index is 12.9. The Hall–Kier alpha value is -2.72. The van der Waals surface area contributed by atoms with Crippen LogP contribution in [0.2, 0.25) is 5.02 Å². The molecule has 0 aliphatic heterocycles. The smallest absolute Gasteiger partial charge is 0.254 e. The minimum atomic E-state index is -0.172. The van der Waals surface area contributed by atoms with E-state index in [4.69, 9.17) is 16.6 Å². The van der Waals surface area contributed by atoms with E-state index in [2.05, 4.69) is 19.1 Å². The number of benzene rings is 2. The van der Waals surface area contributed by atoms with Gasteiger partial charge in [-0.05, 0) is 43.4 Å². The maximum Gasteiger partial charge on any atom is 0.254 e. The molecule has 0 radical (unpaired) electrons. The third-order valence-corrected chi connectivity index (χ3v) is 5.83. The van der Waals surface area contributed by atoms with Gasteiger partial charge in [0.15, 0.2) is 5.78 Å². The molecule has 0 spiro atoms. The zero-order valence-corrected chi connectivity index (χ0v) is 19.5. The molecule has 3 rings (SSSR count). The lowest BCUT2D eigenvalue weighted by Crippen LogP contribution is -2.28. The van der Waals surface area contributed by atoms with E-state index >= 15 is 0 Å². The number of unbranched alkanes of at least 4 members (excludes halogenated alkanes) is 3. The minimum Gasteiger partial charge on any atom is -0.298 e. The van der Waals surface area contributed by atoms with Gasteiger partial charge >= 0.3 is 0 Å². The Morgan fingerprint density at radius 3 is 2.38 bits per heavy atom. The Balaban J connectivity index is 1.68. The van der Waals surface area contributed by atoms with Gasteiger partial charge in [0, 0.05) is 29.5 Å². The van der Waals surface area contributed by atoms with Crippen molar-refractivity contribution in [3.05, 3.63) is 87.4 Å². The van der Waals surface area contributed by atoms with Gasteiger partial charge in [0.05, 0.1) is 12.2 Å². The molecule has 1 aromatic heterocycles. The van der Waals surface area contributed by atoms with Crippen LogP contribution in [0.15, 0.2) is 65.5 Å². The summed E-state index contributed by atoms with van der Waals surface area (Å²) in [5.74, 6) is 0.770. The summed E-state index contributed by atoms with van der Waals surface area (Å²) in [6.07, 6.45) is 7.01. The molecule has 3 aromatic rings. The van der Waals surface area contributed by atoms with Gasteiger partial charge in [0.1, 0.15) is 5.82 Å². The van der Waals surface area contributed by atoms with Crippen molar-refractivity contribution in [2.24, 2.45) is 0 Å². The summed E-state index contributed by atoms with van der Waals surface area (Å²) < 4.78 is 1.56. The molecular formula is C27H31ClN2O2. The number of carbonyl (C=O) groups excluding carboxylic acids is 1. The van der Waals surface area contributed by atoms with Crippen LogP contribution in [-0.2, 0) is 24.2 Å². The largest absolute Gasteiger partial charge is 0.298 e. The van der Waals surface area contributed by atoms with E-state index in [1.165, 1.54) is 11.6 Å². The molecule has 1 heterocycles. The van der Waals surface area contributed by atoms with E-state index in [0.29, 0.717) is 29.4 Å². The van der Waals surface area contributed by atoms with E-state index < -0.39 is 0 Å². The molecule has 5 heteroatoms. The van der Waals surface area contributed by atoms with Crippen LogP contribution in [0.25, 0.3) is 11.3 Å². The first-order valence-electron chi connectivity index (χ1n) is 11.5. The van der Waals surface area contributed by atoms with Crippen molar-refractivity contribution < 1.29 is 4.79 Å². The molecule has 0 saturated carbocycles. The van der Waals surface area contributed by atoms with Gasteiger partial charge in [-0.1, -0.05) is 73.8 Å². The highest BCUT2D eigenvalue weighted by Gasteiger charge is 2.13. The van der Waals surface area contributed by atoms with Crippen molar-refractivity contribution in [3.8, 4) is 11.3 Å². The number of nitrogens with zero attached hydrogens (tertiary/aromatic N) is 2. The monoisotopic (exact) mass is 450 g/mol. The molecule has 2 aromatic carbocycles. The summed E-state index contributed by atoms with van der Waals surface area (Å²) in [5.41, 5.74) is 2.60. The summed E-state index contributed by atoms with van der Waals surface area (Å²) in [6.45, 7) is 2.24. The summed E-state index contributed by atoms with van der Waals surface area (Å²) in [5, 5.41) is 0.642. The third-order valence-electron chi connectivity index (χ3n) is 5.58. The summed E-state index contributed by atoms with van der Waals surface area (Å²) in [7, 11) is 0. The average Bonchev–Trinajstić information content (AvgIpc) is 2.80. The standard InChI is InChI=1S/C27H31ClN2O2/c1-2-3-5-14-26-29-25(22-15-17-23(28)18-16-22)19-27(32)30(26)20-24(31)13-9-8-12-21-10-6-4-7-11-21/h4,6-7,10-11,15-19H,2-3,5,8-9,12-14,20H2,1H3. The molecular weight excluding hydrogens is 420 g/mol. The number of rotatable bonds is 12. The zero-order valence-electron chi connectivity index (χ0n) is 18.7. The number of aryl methyl sites for hydroxylation is 2. The molecule has 0 amide bonds. The first-order valence-corrected chi connectivity index (χ1v) is 11.9. The molecule has 0 N–H and O–H groups in total. The fraction of sp³-hybridized carbons (Fsp3) is 0.370. The molecule has 168 valence electrons. The molecule has 0 unspecified atom stereocenters. The zero-order chi connectivity index (χ0) is 22.8. The first kappa shape index (κ1) is 23.9. The summed E-state index contributed by atoms with van der Waals surface area (Å²) in [4.78, 5) is 30.3. The number of aromatic nitrogens is 2. The maximum atomic E-state index is 12.9. The van der Waals surface area contributed by atoms with Crippen LogP contribution >= 0.6 is 11.6 Å². The van der Waals surface area contributed by atoms with Crippen molar-refractivity contribution in [2.45, 2.75) is 64.8 Å². The first-order chi connectivity index (χ1) is 15.6. The van der Waals surface area contributed by atoms with Crippen LogP contribution in [0, 0.1) is 0 Å². The molecule has 0 aliphatic rings. The van der Waals surface area contributed by atoms with Crippen molar-refractivity contribution in [3.63, 3.8) is 0 Å². The van der Waals surface area contributed by atoms with Crippen LogP contribution in [0.3, 0.4) is 0 Å². The summed E-state index contributed by atoms with van der Waals surface area (Å²) in [6, 6.07) is 19.1. The fourth-order valence-corrected chi connectivity index (χ4v) is 3.89. The molecule has 0 fully saturated rings. The Morgan fingerprint density at radius 2 is 1.66 bits per heavy atom. The predicted molar refractivity (Wildman–Crippen MR) is 131 cm³/mol. The number of ketones is 1. The average molecular weight is 451 g/mol. The Morgan fingerprint density at radius 1 is 0.938 bits per heavy atom. The molecule has 0 atom stereocenters. The van der Waals surface area contributed by atoms with Gasteiger partial charge < -0.3 is 0 Å². The normalized spacial score (nSPS) is 10.9. The molecule has 0 saturated heterocycles. The highest BCUT2D eigenvalue weighted by atomic mass is 35.5. The molecule has 4 nitrogen and oxygen atoms in total. The van der Waals surface area contributed by atoms with Crippen molar-refractivity contribution in [1.82, 2.24) is 9.55 Å². The molecule has 0 bridgehead atoms. The quantitative estimate of drug-likeness (QED) is 0.305. The Bertz CT molecular complexity index is 1060. The summed E-state index contributed by atoms with van der Waals surface area (Å²) >= 11 is 5.99. The lowest BCUT2D eigenvalue weighted by Gasteiger charge is -2.13. The highest BCUT2D eigenvalue weighted by molar-refractivity contribution is 6.30. The predicted octanol–water partition coefficient (Wildman–Crippen LogP) is 6.28. The number of carbonyl (C=O) groups is 1. The number of hydrogen-bond donors (Lipinski definition) is 0. The third kappa shape index (κ3) is 7.16.